The van der Waals surface area contributed by atoms with Crippen molar-refractivity contribution in [3.63, 3.8) is 0 Å². The number of sulfonamides is 1. The highest BCUT2D eigenvalue weighted by atomic mass is 32.2. The van der Waals surface area contributed by atoms with Crippen LogP contribution in [0.1, 0.15) is 34.4 Å². The number of rotatable bonds is 6. The van der Waals surface area contributed by atoms with Crippen molar-refractivity contribution in [2.45, 2.75) is 51.1 Å². The molecule has 2 aromatic rings. The number of benzene rings is 1. The van der Waals surface area contributed by atoms with Crippen molar-refractivity contribution in [3.8, 4) is 0 Å². The fraction of sp³-hybridized carbons (Fsp3) is 0.429. The Morgan fingerprint density at radius 2 is 1.80 bits per heavy atom. The highest BCUT2D eigenvalue weighted by Gasteiger charge is 2.37. The Hall–Kier alpha value is -2.23. The molecule has 3 rings (SSSR count). The van der Waals surface area contributed by atoms with Gasteiger partial charge in [-0.25, -0.2) is 8.42 Å². The molecule has 2 amide bonds. The summed E-state index contributed by atoms with van der Waals surface area (Å²) in [7, 11) is -3.69. The zero-order valence-corrected chi connectivity index (χ0v) is 19.0. The van der Waals surface area contributed by atoms with Crippen LogP contribution in [0.2, 0.25) is 0 Å². The summed E-state index contributed by atoms with van der Waals surface area (Å²) in [5.74, 6) is -1.47. The van der Waals surface area contributed by atoms with Crippen molar-refractivity contribution in [3.05, 3.63) is 51.2 Å². The van der Waals surface area contributed by atoms with Gasteiger partial charge in [-0.05, 0) is 56.2 Å². The van der Waals surface area contributed by atoms with Gasteiger partial charge in [0.1, 0.15) is 0 Å². The first-order valence-corrected chi connectivity index (χ1v) is 12.2. The lowest BCUT2D eigenvalue weighted by Gasteiger charge is -2.26. The minimum atomic E-state index is -3.69. The monoisotopic (exact) mass is 449 g/mol. The molecule has 0 spiro atoms. The van der Waals surface area contributed by atoms with Crippen molar-refractivity contribution < 1.29 is 18.0 Å². The number of amides is 2. The summed E-state index contributed by atoms with van der Waals surface area (Å²) in [6.45, 7) is 6.35. The lowest BCUT2D eigenvalue weighted by atomic mass is 10.1. The van der Waals surface area contributed by atoms with E-state index in [1.807, 2.05) is 36.6 Å². The Morgan fingerprint density at radius 3 is 2.43 bits per heavy atom. The molecule has 2 N–H and O–H groups in total. The van der Waals surface area contributed by atoms with E-state index >= 15 is 0 Å². The number of thiophene rings is 1. The van der Waals surface area contributed by atoms with Gasteiger partial charge in [-0.2, -0.15) is 4.31 Å². The number of hydrogen-bond acceptors (Lipinski definition) is 5. The third kappa shape index (κ3) is 4.91. The maximum Gasteiger partial charge on any atom is 0.309 e. The van der Waals surface area contributed by atoms with Crippen LogP contribution in [0, 0.1) is 20.8 Å². The van der Waals surface area contributed by atoms with Gasteiger partial charge in [0.05, 0.1) is 11.4 Å². The summed E-state index contributed by atoms with van der Waals surface area (Å²) in [6, 6.07) is 7.11. The van der Waals surface area contributed by atoms with Crippen molar-refractivity contribution in [1.29, 1.82) is 0 Å². The Morgan fingerprint density at radius 1 is 1.13 bits per heavy atom. The van der Waals surface area contributed by atoms with E-state index in [0.717, 1.165) is 21.6 Å². The van der Waals surface area contributed by atoms with Crippen LogP contribution >= 0.6 is 11.3 Å². The van der Waals surface area contributed by atoms with E-state index in [0.29, 0.717) is 30.8 Å². The van der Waals surface area contributed by atoms with Gasteiger partial charge in [0.2, 0.25) is 10.0 Å². The molecule has 1 atom stereocenters. The summed E-state index contributed by atoms with van der Waals surface area (Å²) in [5, 5.41) is 7.06. The van der Waals surface area contributed by atoms with Crippen LogP contribution in [-0.4, -0.2) is 43.7 Å². The summed E-state index contributed by atoms with van der Waals surface area (Å²) in [5.41, 5.74) is 2.45. The molecule has 9 heteroatoms. The number of nitrogens with one attached hydrogen (secondary N) is 2. The van der Waals surface area contributed by atoms with Gasteiger partial charge in [0, 0.05) is 24.0 Å². The molecule has 162 valence electrons. The molecule has 1 saturated heterocycles. The van der Waals surface area contributed by atoms with E-state index in [4.69, 9.17) is 0 Å². The SMILES string of the molecule is Cc1cc(C)c(S(=O)(=O)N2CCCC2CNC(=O)C(=O)NCc2cccs2)c(C)c1. The third-order valence-corrected chi connectivity index (χ3v) is 8.34. The molecule has 0 bridgehead atoms. The van der Waals surface area contributed by atoms with Crippen LogP contribution in [0.3, 0.4) is 0 Å². The second-order valence-electron chi connectivity index (χ2n) is 7.61. The fourth-order valence-electron chi connectivity index (χ4n) is 3.97. The Balaban J connectivity index is 1.64. The van der Waals surface area contributed by atoms with Gasteiger partial charge in [-0.3, -0.25) is 9.59 Å². The van der Waals surface area contributed by atoms with Crippen molar-refractivity contribution in [2.24, 2.45) is 0 Å². The van der Waals surface area contributed by atoms with E-state index in [1.165, 1.54) is 15.6 Å². The predicted molar refractivity (Wildman–Crippen MR) is 117 cm³/mol. The van der Waals surface area contributed by atoms with Gasteiger partial charge in [-0.15, -0.1) is 11.3 Å². The number of hydrogen-bond donors (Lipinski definition) is 2. The minimum Gasteiger partial charge on any atom is -0.346 e. The fourth-order valence-corrected chi connectivity index (χ4v) is 6.72. The standard InChI is InChI=1S/C21H27N3O4S2/c1-14-10-15(2)19(16(3)11-14)30(27,28)24-8-4-6-17(24)12-22-20(25)21(26)23-13-18-7-5-9-29-18/h5,7,9-11,17H,4,6,8,12-13H2,1-3H3,(H,22,25)(H,23,26). The Labute approximate surface area is 181 Å². The molecule has 1 fully saturated rings. The van der Waals surface area contributed by atoms with E-state index in [2.05, 4.69) is 10.6 Å². The summed E-state index contributed by atoms with van der Waals surface area (Å²) >= 11 is 1.49. The summed E-state index contributed by atoms with van der Waals surface area (Å²) in [6.07, 6.45) is 1.36. The third-order valence-electron chi connectivity index (χ3n) is 5.20. The Kier molecular flexibility index (Phi) is 6.95. The molecule has 1 unspecified atom stereocenters. The molecule has 7 nitrogen and oxygen atoms in total. The maximum absolute atomic E-state index is 13.3. The first-order chi connectivity index (χ1) is 14.2. The highest BCUT2D eigenvalue weighted by Crippen LogP contribution is 2.30. The molecule has 2 heterocycles. The van der Waals surface area contributed by atoms with Crippen LogP contribution in [0.4, 0.5) is 0 Å². The first-order valence-electron chi connectivity index (χ1n) is 9.88. The average Bonchev–Trinajstić information content (AvgIpc) is 3.34. The molecule has 30 heavy (non-hydrogen) atoms. The smallest absolute Gasteiger partial charge is 0.309 e. The molecule has 1 aliphatic heterocycles. The van der Waals surface area contributed by atoms with Gasteiger partial charge in [0.25, 0.3) is 0 Å². The Bertz CT molecular complexity index is 1010. The number of carbonyl (C=O) groups is 2. The molecular weight excluding hydrogens is 422 g/mol. The van der Waals surface area contributed by atoms with E-state index < -0.39 is 21.8 Å². The minimum absolute atomic E-state index is 0.106. The number of aryl methyl sites for hydroxylation is 3. The number of carbonyl (C=O) groups excluding carboxylic acids is 2. The van der Waals surface area contributed by atoms with Gasteiger partial charge in [0.15, 0.2) is 0 Å². The van der Waals surface area contributed by atoms with Crippen molar-refractivity contribution in [1.82, 2.24) is 14.9 Å². The number of nitrogens with zero attached hydrogens (tertiary/aromatic N) is 1. The lowest BCUT2D eigenvalue weighted by Crippen LogP contribution is -2.47. The quantitative estimate of drug-likeness (QED) is 0.662. The molecule has 0 aliphatic carbocycles. The lowest BCUT2D eigenvalue weighted by molar-refractivity contribution is -0.139. The zero-order chi connectivity index (χ0) is 21.9. The van der Waals surface area contributed by atoms with Crippen molar-refractivity contribution in [2.75, 3.05) is 13.1 Å². The van der Waals surface area contributed by atoms with Gasteiger partial charge in [-0.1, -0.05) is 23.8 Å². The first kappa shape index (κ1) is 22.5. The second kappa shape index (κ2) is 9.28. The predicted octanol–water partition coefficient (Wildman–Crippen LogP) is 2.26. The molecule has 1 aliphatic rings. The molecule has 0 radical (unpaired) electrons. The zero-order valence-electron chi connectivity index (χ0n) is 17.4. The summed E-state index contributed by atoms with van der Waals surface area (Å²) in [4.78, 5) is 25.4. The highest BCUT2D eigenvalue weighted by molar-refractivity contribution is 7.89. The topological polar surface area (TPSA) is 95.6 Å². The van der Waals surface area contributed by atoms with Crippen LogP contribution < -0.4 is 10.6 Å². The van der Waals surface area contributed by atoms with Gasteiger partial charge >= 0.3 is 11.8 Å². The van der Waals surface area contributed by atoms with Crippen molar-refractivity contribution >= 4 is 33.2 Å². The molecule has 1 aromatic carbocycles. The molecule has 0 saturated carbocycles. The normalized spacial score (nSPS) is 17.1. The van der Waals surface area contributed by atoms with E-state index in [9.17, 15) is 18.0 Å². The largest absolute Gasteiger partial charge is 0.346 e. The van der Waals surface area contributed by atoms with E-state index in [1.54, 1.807) is 13.8 Å². The van der Waals surface area contributed by atoms with Gasteiger partial charge < -0.3 is 10.6 Å². The van der Waals surface area contributed by atoms with E-state index in [-0.39, 0.29) is 12.6 Å². The molecular formula is C21H27N3O4S2. The van der Waals surface area contributed by atoms with Crippen LogP contribution in [0.5, 0.6) is 0 Å². The summed E-state index contributed by atoms with van der Waals surface area (Å²) < 4.78 is 28.2. The van der Waals surface area contributed by atoms with Crippen LogP contribution in [0.15, 0.2) is 34.5 Å². The van der Waals surface area contributed by atoms with Crippen LogP contribution in [0.25, 0.3) is 0 Å². The average molecular weight is 450 g/mol. The second-order valence-corrected chi connectivity index (χ2v) is 10.5. The maximum atomic E-state index is 13.3. The molecule has 1 aromatic heterocycles. The van der Waals surface area contributed by atoms with Crippen LogP contribution in [-0.2, 0) is 26.2 Å².